The molecule has 0 amide bonds. The molecule has 0 aliphatic rings. The number of H-pyrrole nitrogens is 1. The number of hydrogen-bond donors (Lipinski definition) is 2. The van der Waals surface area contributed by atoms with Gasteiger partial charge < -0.3 is 14.8 Å². The fourth-order valence-electron chi connectivity index (χ4n) is 1.24. The van der Waals surface area contributed by atoms with Crippen molar-refractivity contribution in [3.8, 4) is 0 Å². The Morgan fingerprint density at radius 3 is 3.27 bits per heavy atom. The summed E-state index contributed by atoms with van der Waals surface area (Å²) in [6.45, 7) is 0.522. The third kappa shape index (κ3) is 1.88. The lowest BCUT2D eigenvalue weighted by Gasteiger charge is -1.99. The zero-order valence-corrected chi connectivity index (χ0v) is 7.88. The first-order chi connectivity index (χ1) is 7.33. The predicted molar refractivity (Wildman–Crippen MR) is 50.3 cm³/mol. The highest BCUT2D eigenvalue weighted by atomic mass is 16.5. The van der Waals surface area contributed by atoms with Crippen LogP contribution in [0.1, 0.15) is 5.56 Å². The van der Waals surface area contributed by atoms with Gasteiger partial charge in [0.2, 0.25) is 0 Å². The maximum absolute atomic E-state index is 11.2. The first-order valence-corrected chi connectivity index (χ1v) is 4.42. The van der Waals surface area contributed by atoms with Crippen LogP contribution in [0.4, 0.5) is 0 Å². The van der Waals surface area contributed by atoms with Gasteiger partial charge in [-0.2, -0.15) is 14.6 Å². The number of aromatic nitrogens is 4. The number of rotatable bonds is 4. The summed E-state index contributed by atoms with van der Waals surface area (Å²) in [5.74, 6) is 0. The molecule has 0 radical (unpaired) electrons. The van der Waals surface area contributed by atoms with Gasteiger partial charge in [0.05, 0.1) is 32.3 Å². The van der Waals surface area contributed by atoms with E-state index < -0.39 is 5.69 Å². The summed E-state index contributed by atoms with van der Waals surface area (Å²) >= 11 is 0. The maximum atomic E-state index is 11.2. The number of nitrogens with one attached hydrogen (secondary N) is 1. The van der Waals surface area contributed by atoms with E-state index >= 15 is 0 Å². The SMILES string of the molecule is O=c1nc[nH]c2c(COCCO)cnn12. The van der Waals surface area contributed by atoms with Gasteiger partial charge in [-0.05, 0) is 0 Å². The molecule has 7 nitrogen and oxygen atoms in total. The molecule has 2 N–H and O–H groups in total. The average molecular weight is 210 g/mol. The third-order valence-corrected chi connectivity index (χ3v) is 1.90. The summed E-state index contributed by atoms with van der Waals surface area (Å²) in [4.78, 5) is 17.6. The Labute approximate surface area is 84.3 Å². The molecule has 2 aromatic heterocycles. The normalized spacial score (nSPS) is 11.0. The molecule has 0 aliphatic heterocycles. The van der Waals surface area contributed by atoms with Crippen LogP contribution >= 0.6 is 0 Å². The predicted octanol–water partition coefficient (Wildman–Crippen LogP) is -1.07. The molecule has 2 heterocycles. The summed E-state index contributed by atoms with van der Waals surface area (Å²) < 4.78 is 6.29. The van der Waals surface area contributed by atoms with E-state index in [0.29, 0.717) is 12.3 Å². The summed E-state index contributed by atoms with van der Waals surface area (Å²) in [5.41, 5.74) is 0.882. The highest BCUT2D eigenvalue weighted by molar-refractivity contribution is 5.44. The molecule has 0 saturated carbocycles. The van der Waals surface area contributed by atoms with Gasteiger partial charge in [-0.15, -0.1) is 0 Å². The Balaban J connectivity index is 2.29. The molecular formula is C8H10N4O3. The number of aromatic amines is 1. The van der Waals surface area contributed by atoms with Crippen LogP contribution in [0.2, 0.25) is 0 Å². The quantitative estimate of drug-likeness (QED) is 0.626. The summed E-state index contributed by atoms with van der Waals surface area (Å²) in [6.07, 6.45) is 2.85. The molecule has 80 valence electrons. The number of fused-ring (bicyclic) bond motifs is 1. The minimum Gasteiger partial charge on any atom is -0.394 e. The monoisotopic (exact) mass is 210 g/mol. The van der Waals surface area contributed by atoms with Gasteiger partial charge in [-0.3, -0.25) is 0 Å². The van der Waals surface area contributed by atoms with Crippen molar-refractivity contribution in [1.82, 2.24) is 19.6 Å². The number of ether oxygens (including phenoxy) is 1. The minimum absolute atomic E-state index is 0.0305. The van der Waals surface area contributed by atoms with Crippen molar-refractivity contribution in [3.05, 3.63) is 28.6 Å². The first-order valence-electron chi connectivity index (χ1n) is 4.42. The van der Waals surface area contributed by atoms with Crippen LogP contribution in [0.3, 0.4) is 0 Å². The summed E-state index contributed by atoms with van der Waals surface area (Å²) in [5, 5.41) is 12.4. The number of aliphatic hydroxyl groups is 1. The van der Waals surface area contributed by atoms with Crippen LogP contribution in [0.5, 0.6) is 0 Å². The minimum atomic E-state index is -0.433. The van der Waals surface area contributed by atoms with Crippen LogP contribution in [0, 0.1) is 0 Å². The van der Waals surface area contributed by atoms with E-state index in [0.717, 1.165) is 10.1 Å². The van der Waals surface area contributed by atoms with Crippen LogP contribution < -0.4 is 5.69 Å². The molecule has 0 atom stereocenters. The molecule has 0 saturated heterocycles. The zero-order valence-electron chi connectivity index (χ0n) is 7.88. The fraction of sp³-hybridized carbons (Fsp3) is 0.375. The molecule has 0 unspecified atom stereocenters. The summed E-state index contributed by atoms with van der Waals surface area (Å²) in [6, 6.07) is 0. The Morgan fingerprint density at radius 2 is 2.47 bits per heavy atom. The van der Waals surface area contributed by atoms with Crippen molar-refractivity contribution in [1.29, 1.82) is 0 Å². The van der Waals surface area contributed by atoms with Gasteiger partial charge in [-0.25, -0.2) is 4.79 Å². The fourth-order valence-corrected chi connectivity index (χ4v) is 1.24. The molecule has 2 aromatic rings. The zero-order chi connectivity index (χ0) is 10.7. The van der Waals surface area contributed by atoms with Crippen LogP contribution in [-0.4, -0.2) is 37.9 Å². The van der Waals surface area contributed by atoms with Crippen LogP contribution in [0.15, 0.2) is 17.3 Å². The molecule has 2 rings (SSSR count). The Kier molecular flexibility index (Phi) is 2.75. The first kappa shape index (κ1) is 9.81. The lowest BCUT2D eigenvalue weighted by atomic mass is 10.4. The lowest BCUT2D eigenvalue weighted by Crippen LogP contribution is -2.17. The Hall–Kier alpha value is -1.73. The van der Waals surface area contributed by atoms with Gasteiger partial charge >= 0.3 is 5.69 Å². The number of aliphatic hydroxyl groups excluding tert-OH is 1. The highest BCUT2D eigenvalue weighted by Gasteiger charge is 2.06. The molecule has 15 heavy (non-hydrogen) atoms. The largest absolute Gasteiger partial charge is 0.394 e. The standard InChI is InChI=1S/C8H10N4O3/c13-1-2-15-4-6-3-11-12-7(6)9-5-10-8(12)14/h3,5,13H,1-2,4H2,(H,9,10,14). The number of hydrogen-bond acceptors (Lipinski definition) is 5. The molecule has 0 fully saturated rings. The smallest absolute Gasteiger partial charge is 0.371 e. The van der Waals surface area contributed by atoms with E-state index in [4.69, 9.17) is 9.84 Å². The maximum Gasteiger partial charge on any atom is 0.371 e. The van der Waals surface area contributed by atoms with E-state index in [1.165, 1.54) is 12.5 Å². The molecule has 0 aromatic carbocycles. The Bertz CT molecular complexity index is 504. The van der Waals surface area contributed by atoms with E-state index in [9.17, 15) is 4.79 Å². The van der Waals surface area contributed by atoms with Crippen LogP contribution in [-0.2, 0) is 11.3 Å². The van der Waals surface area contributed by atoms with Gasteiger partial charge in [0.15, 0.2) is 0 Å². The van der Waals surface area contributed by atoms with Gasteiger partial charge in [0.1, 0.15) is 5.65 Å². The van der Waals surface area contributed by atoms with Crippen molar-refractivity contribution >= 4 is 5.65 Å². The van der Waals surface area contributed by atoms with Gasteiger partial charge in [-0.1, -0.05) is 0 Å². The van der Waals surface area contributed by atoms with Gasteiger partial charge in [0, 0.05) is 5.56 Å². The molecule has 7 heteroatoms. The molecule has 0 spiro atoms. The summed E-state index contributed by atoms with van der Waals surface area (Å²) in [7, 11) is 0. The van der Waals surface area contributed by atoms with Crippen molar-refractivity contribution in [2.75, 3.05) is 13.2 Å². The Morgan fingerprint density at radius 1 is 1.60 bits per heavy atom. The highest BCUT2D eigenvalue weighted by Crippen LogP contribution is 2.05. The topological polar surface area (TPSA) is 92.5 Å². The van der Waals surface area contributed by atoms with E-state index in [-0.39, 0.29) is 13.2 Å². The second kappa shape index (κ2) is 4.20. The molecular weight excluding hydrogens is 200 g/mol. The molecule has 0 bridgehead atoms. The average Bonchev–Trinajstić information content (AvgIpc) is 2.64. The van der Waals surface area contributed by atoms with Crippen molar-refractivity contribution in [3.63, 3.8) is 0 Å². The van der Waals surface area contributed by atoms with Crippen molar-refractivity contribution in [2.24, 2.45) is 0 Å². The molecule has 0 aliphatic carbocycles. The van der Waals surface area contributed by atoms with Crippen molar-refractivity contribution < 1.29 is 9.84 Å². The lowest BCUT2D eigenvalue weighted by molar-refractivity contribution is 0.0820. The van der Waals surface area contributed by atoms with Crippen molar-refractivity contribution in [2.45, 2.75) is 6.61 Å². The second-order valence-electron chi connectivity index (χ2n) is 2.89. The van der Waals surface area contributed by atoms with Gasteiger partial charge in [0.25, 0.3) is 0 Å². The number of nitrogens with zero attached hydrogens (tertiary/aromatic N) is 3. The van der Waals surface area contributed by atoms with E-state index in [1.807, 2.05) is 0 Å². The van der Waals surface area contributed by atoms with Crippen LogP contribution in [0.25, 0.3) is 5.65 Å². The second-order valence-corrected chi connectivity index (χ2v) is 2.89. The van der Waals surface area contributed by atoms with E-state index in [2.05, 4.69) is 15.1 Å². The van der Waals surface area contributed by atoms with E-state index in [1.54, 1.807) is 0 Å². The third-order valence-electron chi connectivity index (χ3n) is 1.90.